The van der Waals surface area contributed by atoms with Crippen LogP contribution in [0, 0.1) is 0 Å². The molecule has 1 aromatic rings. The SMILES string of the molecule is CN(C)NC(=O)c1cc(Cl)nc(C(C)(C)C)c1. The first-order valence-electron chi connectivity index (χ1n) is 5.36. The van der Waals surface area contributed by atoms with Crippen LogP contribution in [0.25, 0.3) is 0 Å². The molecule has 1 aromatic heterocycles. The molecular formula is C12H18ClN3O. The molecule has 1 rings (SSSR count). The minimum Gasteiger partial charge on any atom is -0.285 e. The topological polar surface area (TPSA) is 45.2 Å². The Morgan fingerprint density at radius 3 is 2.41 bits per heavy atom. The van der Waals surface area contributed by atoms with Crippen molar-refractivity contribution in [2.75, 3.05) is 14.1 Å². The Hall–Kier alpha value is -1.13. The third-order valence-electron chi connectivity index (χ3n) is 2.15. The van der Waals surface area contributed by atoms with E-state index in [4.69, 9.17) is 11.6 Å². The minimum atomic E-state index is -0.190. The highest BCUT2D eigenvalue weighted by atomic mass is 35.5. The lowest BCUT2D eigenvalue weighted by Crippen LogP contribution is -2.36. The predicted molar refractivity (Wildman–Crippen MR) is 69.1 cm³/mol. The fourth-order valence-corrected chi connectivity index (χ4v) is 1.49. The molecule has 0 radical (unpaired) electrons. The number of aromatic nitrogens is 1. The number of carbonyl (C=O) groups is 1. The molecule has 0 spiro atoms. The van der Waals surface area contributed by atoms with E-state index in [1.807, 2.05) is 20.8 Å². The van der Waals surface area contributed by atoms with Crippen LogP contribution in [0.4, 0.5) is 0 Å². The Labute approximate surface area is 107 Å². The minimum absolute atomic E-state index is 0.141. The van der Waals surface area contributed by atoms with Gasteiger partial charge in [-0.25, -0.2) is 9.99 Å². The summed E-state index contributed by atoms with van der Waals surface area (Å²) in [5, 5.41) is 1.93. The van der Waals surface area contributed by atoms with Gasteiger partial charge in [-0.3, -0.25) is 10.2 Å². The Bertz CT molecular complexity index is 424. The van der Waals surface area contributed by atoms with E-state index >= 15 is 0 Å². The highest BCUT2D eigenvalue weighted by Gasteiger charge is 2.19. The first-order chi connectivity index (χ1) is 7.70. The van der Waals surface area contributed by atoms with E-state index in [0.29, 0.717) is 10.7 Å². The van der Waals surface area contributed by atoms with Gasteiger partial charge in [-0.1, -0.05) is 32.4 Å². The van der Waals surface area contributed by atoms with Crippen LogP contribution >= 0.6 is 11.6 Å². The number of nitrogens with zero attached hydrogens (tertiary/aromatic N) is 2. The van der Waals surface area contributed by atoms with Crippen LogP contribution < -0.4 is 5.43 Å². The molecule has 0 saturated heterocycles. The molecule has 0 aliphatic carbocycles. The van der Waals surface area contributed by atoms with Crippen molar-refractivity contribution in [3.63, 3.8) is 0 Å². The van der Waals surface area contributed by atoms with E-state index in [-0.39, 0.29) is 11.3 Å². The van der Waals surface area contributed by atoms with E-state index in [1.165, 1.54) is 0 Å². The zero-order valence-electron chi connectivity index (χ0n) is 10.8. The highest BCUT2D eigenvalue weighted by Crippen LogP contribution is 2.23. The monoisotopic (exact) mass is 255 g/mol. The van der Waals surface area contributed by atoms with Crippen LogP contribution in [0.5, 0.6) is 0 Å². The first-order valence-corrected chi connectivity index (χ1v) is 5.74. The number of amides is 1. The van der Waals surface area contributed by atoms with Crippen molar-refractivity contribution in [3.05, 3.63) is 28.5 Å². The summed E-state index contributed by atoms with van der Waals surface area (Å²) in [7, 11) is 3.51. The lowest BCUT2D eigenvalue weighted by atomic mass is 9.91. The normalized spacial score (nSPS) is 11.7. The van der Waals surface area contributed by atoms with Crippen molar-refractivity contribution in [2.24, 2.45) is 0 Å². The molecule has 0 bridgehead atoms. The van der Waals surface area contributed by atoms with Crippen molar-refractivity contribution in [1.82, 2.24) is 15.4 Å². The van der Waals surface area contributed by atoms with E-state index in [2.05, 4.69) is 10.4 Å². The second kappa shape index (κ2) is 5.02. The fourth-order valence-electron chi connectivity index (χ4n) is 1.28. The zero-order chi connectivity index (χ0) is 13.2. The second-order valence-electron chi connectivity index (χ2n) is 5.15. The molecule has 0 fully saturated rings. The van der Waals surface area contributed by atoms with Gasteiger partial charge < -0.3 is 0 Å². The van der Waals surface area contributed by atoms with Crippen LogP contribution in [0.2, 0.25) is 5.15 Å². The molecule has 0 unspecified atom stereocenters. The lowest BCUT2D eigenvalue weighted by Gasteiger charge is -2.19. The summed E-state index contributed by atoms with van der Waals surface area (Å²) in [6.07, 6.45) is 0. The van der Waals surface area contributed by atoms with Gasteiger partial charge in [-0.05, 0) is 12.1 Å². The molecule has 17 heavy (non-hydrogen) atoms. The van der Waals surface area contributed by atoms with Gasteiger partial charge in [-0.2, -0.15) is 0 Å². The number of carbonyl (C=O) groups excluding carboxylic acids is 1. The summed E-state index contributed by atoms with van der Waals surface area (Å²) in [5.41, 5.74) is 3.85. The Kier molecular flexibility index (Phi) is 4.11. The average molecular weight is 256 g/mol. The molecule has 1 heterocycles. The van der Waals surface area contributed by atoms with Gasteiger partial charge in [0.15, 0.2) is 0 Å². The first kappa shape index (κ1) is 13.9. The molecule has 0 aromatic carbocycles. The molecule has 0 atom stereocenters. The summed E-state index contributed by atoms with van der Waals surface area (Å²) in [6, 6.07) is 3.33. The molecular weight excluding hydrogens is 238 g/mol. The molecule has 94 valence electrons. The quantitative estimate of drug-likeness (QED) is 0.651. The second-order valence-corrected chi connectivity index (χ2v) is 5.54. The predicted octanol–water partition coefficient (Wildman–Crippen LogP) is 2.24. The third-order valence-corrected chi connectivity index (χ3v) is 2.34. The summed E-state index contributed by atoms with van der Waals surface area (Å²) >= 11 is 5.93. The van der Waals surface area contributed by atoms with Crippen molar-refractivity contribution in [1.29, 1.82) is 0 Å². The lowest BCUT2D eigenvalue weighted by molar-refractivity contribution is 0.0856. The fraction of sp³-hybridized carbons (Fsp3) is 0.500. The van der Waals surface area contributed by atoms with Crippen molar-refractivity contribution in [3.8, 4) is 0 Å². The Balaban J connectivity index is 3.10. The summed E-state index contributed by atoms with van der Waals surface area (Å²) in [5.74, 6) is -0.190. The number of rotatable bonds is 2. The van der Waals surface area contributed by atoms with Crippen molar-refractivity contribution in [2.45, 2.75) is 26.2 Å². The maximum absolute atomic E-state index is 11.8. The molecule has 1 amide bonds. The maximum Gasteiger partial charge on any atom is 0.265 e. The van der Waals surface area contributed by atoms with Crippen molar-refractivity contribution < 1.29 is 4.79 Å². The molecule has 0 aliphatic rings. The van der Waals surface area contributed by atoms with E-state index in [0.717, 1.165) is 5.69 Å². The van der Waals surface area contributed by atoms with E-state index < -0.39 is 0 Å². The van der Waals surface area contributed by atoms with Gasteiger partial charge in [0, 0.05) is 30.8 Å². The highest BCUT2D eigenvalue weighted by molar-refractivity contribution is 6.29. The molecule has 1 N–H and O–H groups in total. The zero-order valence-corrected chi connectivity index (χ0v) is 11.6. The number of hydrogen-bond acceptors (Lipinski definition) is 3. The number of hydrazine groups is 1. The Morgan fingerprint density at radius 2 is 1.94 bits per heavy atom. The Morgan fingerprint density at radius 1 is 1.35 bits per heavy atom. The van der Waals surface area contributed by atoms with Gasteiger partial charge in [-0.15, -0.1) is 0 Å². The van der Waals surface area contributed by atoms with Gasteiger partial charge in [0.2, 0.25) is 0 Å². The number of pyridine rings is 1. The average Bonchev–Trinajstić information content (AvgIpc) is 2.14. The van der Waals surface area contributed by atoms with Crippen LogP contribution in [0.15, 0.2) is 12.1 Å². The van der Waals surface area contributed by atoms with Gasteiger partial charge in [0.05, 0.1) is 0 Å². The maximum atomic E-state index is 11.8. The van der Waals surface area contributed by atoms with E-state index in [1.54, 1.807) is 31.2 Å². The summed E-state index contributed by atoms with van der Waals surface area (Å²) in [6.45, 7) is 6.08. The molecule has 5 heteroatoms. The number of hydrogen-bond donors (Lipinski definition) is 1. The van der Waals surface area contributed by atoms with Gasteiger partial charge >= 0.3 is 0 Å². The molecule has 4 nitrogen and oxygen atoms in total. The van der Waals surface area contributed by atoms with E-state index in [9.17, 15) is 4.79 Å². The van der Waals surface area contributed by atoms with Crippen LogP contribution in [-0.4, -0.2) is 30.0 Å². The van der Waals surface area contributed by atoms with Crippen LogP contribution in [-0.2, 0) is 5.41 Å². The molecule has 0 aliphatic heterocycles. The summed E-state index contributed by atoms with van der Waals surface area (Å²) < 4.78 is 0. The largest absolute Gasteiger partial charge is 0.285 e. The number of halogens is 1. The standard InChI is InChI=1S/C12H18ClN3O/c1-12(2,3)9-6-8(7-10(13)14-9)11(17)15-16(4)5/h6-7H,1-5H3,(H,15,17). The van der Waals surface area contributed by atoms with Crippen molar-refractivity contribution >= 4 is 17.5 Å². The molecule has 0 saturated carbocycles. The van der Waals surface area contributed by atoms with Gasteiger partial charge in [0.25, 0.3) is 5.91 Å². The van der Waals surface area contributed by atoms with Crippen LogP contribution in [0.3, 0.4) is 0 Å². The van der Waals surface area contributed by atoms with Gasteiger partial charge in [0.1, 0.15) is 5.15 Å². The smallest absolute Gasteiger partial charge is 0.265 e. The number of nitrogens with one attached hydrogen (secondary N) is 1. The summed E-state index contributed by atoms with van der Waals surface area (Å²) in [4.78, 5) is 16.1. The third kappa shape index (κ3) is 3.98. The van der Waals surface area contributed by atoms with Crippen LogP contribution in [0.1, 0.15) is 36.8 Å².